The van der Waals surface area contributed by atoms with Crippen LogP contribution in [-0.4, -0.2) is 22.9 Å². The van der Waals surface area contributed by atoms with E-state index in [0.717, 1.165) is 13.1 Å². The van der Waals surface area contributed by atoms with Crippen LogP contribution in [0, 0.1) is 3.57 Å². The van der Waals surface area contributed by atoms with Crippen molar-refractivity contribution in [2.24, 2.45) is 0 Å². The molecule has 0 radical (unpaired) electrons. The number of hydrogen-bond acceptors (Lipinski definition) is 2. The minimum atomic E-state index is 0. The Hall–Kier alpha value is 0.190. The Morgan fingerprint density at radius 1 is 1.67 bits per heavy atom. The highest BCUT2D eigenvalue weighted by molar-refractivity contribution is 14.1. The predicted molar refractivity (Wildman–Crippen MR) is 58.7 cm³/mol. The van der Waals surface area contributed by atoms with Gasteiger partial charge in [-0.15, -0.1) is 12.4 Å². The molecule has 0 amide bonds. The highest BCUT2D eigenvalue weighted by Gasteiger charge is 2.16. The van der Waals surface area contributed by atoms with Gasteiger partial charge in [0.1, 0.15) is 0 Å². The summed E-state index contributed by atoms with van der Waals surface area (Å²) in [4.78, 5) is 0. The molecule has 0 bridgehead atoms. The molecule has 1 atom stereocenters. The van der Waals surface area contributed by atoms with Crippen LogP contribution in [-0.2, 0) is 0 Å². The summed E-state index contributed by atoms with van der Waals surface area (Å²) in [5, 5.41) is 7.58. The number of halogens is 2. The van der Waals surface area contributed by atoms with E-state index in [9.17, 15) is 0 Å². The highest BCUT2D eigenvalue weighted by Crippen LogP contribution is 2.14. The Morgan fingerprint density at radius 3 is 3.00 bits per heavy atom. The molecule has 0 unspecified atom stereocenters. The molecule has 0 saturated carbocycles. The Morgan fingerprint density at radius 2 is 2.50 bits per heavy atom. The van der Waals surface area contributed by atoms with Gasteiger partial charge in [0.15, 0.2) is 0 Å². The summed E-state index contributed by atoms with van der Waals surface area (Å²) in [6.07, 6.45) is 5.20. The van der Waals surface area contributed by atoms with Gasteiger partial charge in [0.2, 0.25) is 0 Å². The molecule has 2 heterocycles. The van der Waals surface area contributed by atoms with Gasteiger partial charge in [0.25, 0.3) is 0 Å². The van der Waals surface area contributed by atoms with Crippen molar-refractivity contribution in [3.63, 3.8) is 0 Å². The van der Waals surface area contributed by atoms with E-state index in [0.29, 0.717) is 6.04 Å². The third-order valence-electron chi connectivity index (χ3n) is 1.98. The molecule has 1 aromatic rings. The normalized spacial score (nSPS) is 22.2. The lowest BCUT2D eigenvalue weighted by Crippen LogP contribution is -2.13. The lowest BCUT2D eigenvalue weighted by Gasteiger charge is -2.07. The molecular formula is C7H11ClIN3. The molecule has 1 aromatic heterocycles. The number of hydrogen-bond donors (Lipinski definition) is 1. The van der Waals surface area contributed by atoms with Crippen LogP contribution >= 0.6 is 35.0 Å². The van der Waals surface area contributed by atoms with E-state index in [-0.39, 0.29) is 12.4 Å². The first-order valence-corrected chi connectivity index (χ1v) is 4.84. The maximum Gasteiger partial charge on any atom is 0.0656 e. The van der Waals surface area contributed by atoms with Gasteiger partial charge < -0.3 is 5.32 Å². The zero-order valence-electron chi connectivity index (χ0n) is 6.53. The van der Waals surface area contributed by atoms with Crippen molar-refractivity contribution < 1.29 is 0 Å². The van der Waals surface area contributed by atoms with Crippen LogP contribution < -0.4 is 5.32 Å². The van der Waals surface area contributed by atoms with E-state index in [1.807, 2.05) is 6.20 Å². The molecule has 1 fully saturated rings. The summed E-state index contributed by atoms with van der Waals surface area (Å²) in [6, 6.07) is 0.582. The zero-order valence-corrected chi connectivity index (χ0v) is 9.51. The smallest absolute Gasteiger partial charge is 0.0656 e. The van der Waals surface area contributed by atoms with Crippen LogP contribution in [0.5, 0.6) is 0 Å². The molecule has 0 spiro atoms. The highest BCUT2D eigenvalue weighted by atomic mass is 127. The minimum Gasteiger partial charge on any atom is -0.315 e. The minimum absolute atomic E-state index is 0. The molecular weight excluding hydrogens is 288 g/mol. The van der Waals surface area contributed by atoms with Gasteiger partial charge in [0.05, 0.1) is 15.8 Å². The van der Waals surface area contributed by atoms with Gasteiger partial charge in [-0.3, -0.25) is 4.68 Å². The fourth-order valence-corrected chi connectivity index (χ4v) is 1.79. The summed E-state index contributed by atoms with van der Waals surface area (Å²) in [6.45, 7) is 2.19. The maximum absolute atomic E-state index is 4.27. The first kappa shape index (κ1) is 10.3. The van der Waals surface area contributed by atoms with Crippen LogP contribution in [0.1, 0.15) is 12.5 Å². The summed E-state index contributed by atoms with van der Waals surface area (Å²) in [5.74, 6) is 0. The second-order valence-electron chi connectivity index (χ2n) is 2.79. The molecule has 0 aromatic carbocycles. The van der Waals surface area contributed by atoms with Crippen LogP contribution in [0.3, 0.4) is 0 Å². The van der Waals surface area contributed by atoms with Gasteiger partial charge in [-0.2, -0.15) is 5.10 Å². The number of rotatable bonds is 1. The van der Waals surface area contributed by atoms with E-state index < -0.39 is 0 Å². The average Bonchev–Trinajstić information content (AvgIpc) is 2.55. The lowest BCUT2D eigenvalue weighted by atomic mass is 10.3. The quantitative estimate of drug-likeness (QED) is 0.796. The first-order chi connectivity index (χ1) is 5.36. The summed E-state index contributed by atoms with van der Waals surface area (Å²) in [7, 11) is 0. The number of aromatic nitrogens is 2. The molecule has 1 N–H and O–H groups in total. The van der Waals surface area contributed by atoms with Crippen molar-refractivity contribution in [1.82, 2.24) is 15.1 Å². The van der Waals surface area contributed by atoms with Gasteiger partial charge in [0, 0.05) is 12.7 Å². The second kappa shape index (κ2) is 4.43. The lowest BCUT2D eigenvalue weighted by molar-refractivity contribution is 0.490. The summed E-state index contributed by atoms with van der Waals surface area (Å²) in [5.41, 5.74) is 0. The van der Waals surface area contributed by atoms with Crippen LogP contribution in [0.25, 0.3) is 0 Å². The molecule has 1 aliphatic rings. The van der Waals surface area contributed by atoms with Crippen molar-refractivity contribution in [3.05, 3.63) is 16.0 Å². The molecule has 5 heteroatoms. The van der Waals surface area contributed by atoms with Gasteiger partial charge >= 0.3 is 0 Å². The maximum atomic E-state index is 4.27. The molecule has 12 heavy (non-hydrogen) atoms. The Balaban J connectivity index is 0.000000720. The van der Waals surface area contributed by atoms with E-state index in [1.54, 1.807) is 0 Å². The topological polar surface area (TPSA) is 29.9 Å². The van der Waals surface area contributed by atoms with E-state index in [4.69, 9.17) is 0 Å². The monoisotopic (exact) mass is 299 g/mol. The fourth-order valence-electron chi connectivity index (χ4n) is 1.38. The standard InChI is InChI=1S/C7H10IN3.ClH/c8-6-3-10-11(5-6)7-1-2-9-4-7;/h3,5,7,9H,1-2,4H2;1H/t7-;/m0./s1. The Kier molecular flexibility index (Phi) is 3.79. The summed E-state index contributed by atoms with van der Waals surface area (Å²) < 4.78 is 3.27. The van der Waals surface area contributed by atoms with Crippen molar-refractivity contribution in [1.29, 1.82) is 0 Å². The number of nitrogens with zero attached hydrogens (tertiary/aromatic N) is 2. The van der Waals surface area contributed by atoms with Crippen molar-refractivity contribution in [2.45, 2.75) is 12.5 Å². The average molecular weight is 300 g/mol. The summed E-state index contributed by atoms with van der Waals surface area (Å²) >= 11 is 2.28. The van der Waals surface area contributed by atoms with E-state index in [1.165, 1.54) is 9.99 Å². The van der Waals surface area contributed by atoms with Crippen LogP contribution in [0.2, 0.25) is 0 Å². The number of nitrogens with one attached hydrogen (secondary N) is 1. The Labute approximate surface area is 91.5 Å². The molecule has 2 rings (SSSR count). The van der Waals surface area contributed by atoms with E-state index >= 15 is 0 Å². The molecule has 68 valence electrons. The van der Waals surface area contributed by atoms with Crippen LogP contribution in [0.15, 0.2) is 12.4 Å². The third kappa shape index (κ3) is 2.11. The SMILES string of the molecule is Cl.Ic1cnn([C@H]2CCNC2)c1. The first-order valence-electron chi connectivity index (χ1n) is 3.76. The van der Waals surface area contributed by atoms with Crippen molar-refractivity contribution in [2.75, 3.05) is 13.1 Å². The van der Waals surface area contributed by atoms with E-state index in [2.05, 4.69) is 43.9 Å². The molecule has 1 aliphatic heterocycles. The zero-order chi connectivity index (χ0) is 7.68. The third-order valence-corrected chi connectivity index (χ3v) is 2.54. The molecule has 0 aliphatic carbocycles. The Bertz CT molecular complexity index is 245. The van der Waals surface area contributed by atoms with Crippen molar-refractivity contribution in [3.8, 4) is 0 Å². The molecule has 3 nitrogen and oxygen atoms in total. The van der Waals surface area contributed by atoms with Gasteiger partial charge in [-0.25, -0.2) is 0 Å². The predicted octanol–water partition coefficient (Wildman–Crippen LogP) is 1.44. The van der Waals surface area contributed by atoms with Crippen LogP contribution in [0.4, 0.5) is 0 Å². The van der Waals surface area contributed by atoms with Gasteiger partial charge in [-0.1, -0.05) is 0 Å². The fraction of sp³-hybridized carbons (Fsp3) is 0.571. The van der Waals surface area contributed by atoms with Gasteiger partial charge in [-0.05, 0) is 35.6 Å². The van der Waals surface area contributed by atoms with Crippen molar-refractivity contribution >= 4 is 35.0 Å². The second-order valence-corrected chi connectivity index (χ2v) is 4.03. The largest absolute Gasteiger partial charge is 0.315 e. The molecule has 1 saturated heterocycles.